The third-order valence-corrected chi connectivity index (χ3v) is 4.52. The van der Waals surface area contributed by atoms with Crippen molar-refractivity contribution in [1.82, 2.24) is 10.6 Å². The number of ether oxygens (including phenoxy) is 2. The molecule has 0 aliphatic heterocycles. The maximum atomic E-state index is 11.5. The van der Waals surface area contributed by atoms with Crippen molar-refractivity contribution in [3.05, 3.63) is 0 Å². The van der Waals surface area contributed by atoms with E-state index in [2.05, 4.69) is 31.4 Å². The molecule has 2 N–H and O–H groups in total. The highest BCUT2D eigenvalue weighted by molar-refractivity contribution is 5.67. The van der Waals surface area contributed by atoms with Gasteiger partial charge in [-0.2, -0.15) is 0 Å². The van der Waals surface area contributed by atoms with Gasteiger partial charge in [-0.05, 0) is 53.5 Å². The fourth-order valence-corrected chi connectivity index (χ4v) is 2.94. The van der Waals surface area contributed by atoms with Crippen LogP contribution in [0, 0.1) is 5.41 Å². The molecule has 3 atom stereocenters. The molecule has 0 spiro atoms. The van der Waals surface area contributed by atoms with E-state index >= 15 is 0 Å². The largest absolute Gasteiger partial charge is 0.444 e. The number of alkyl carbamates (subject to hydrolysis) is 1. The van der Waals surface area contributed by atoms with E-state index in [-0.39, 0.29) is 11.5 Å². The van der Waals surface area contributed by atoms with E-state index < -0.39 is 5.60 Å². The third kappa shape index (κ3) is 5.43. The summed E-state index contributed by atoms with van der Waals surface area (Å²) in [5.74, 6) is 0. The van der Waals surface area contributed by atoms with Crippen LogP contribution in [0.1, 0.15) is 60.8 Å². The number of nitrogens with one attached hydrogen (secondary N) is 2. The van der Waals surface area contributed by atoms with Gasteiger partial charge in [-0.1, -0.05) is 13.8 Å². The molecule has 1 saturated carbocycles. The third-order valence-electron chi connectivity index (χ3n) is 4.52. The van der Waals surface area contributed by atoms with Gasteiger partial charge in [-0.25, -0.2) is 4.79 Å². The van der Waals surface area contributed by atoms with Gasteiger partial charge in [0.05, 0.1) is 6.10 Å². The zero-order valence-electron chi connectivity index (χ0n) is 15.1. The number of hydrogen-bond donors (Lipinski definition) is 2. The maximum absolute atomic E-state index is 11.5. The fourth-order valence-electron chi connectivity index (χ4n) is 2.94. The Balaban J connectivity index is 2.17. The summed E-state index contributed by atoms with van der Waals surface area (Å²) in [4.78, 5) is 11.5. The van der Waals surface area contributed by atoms with E-state index in [1.807, 2.05) is 20.8 Å². The highest BCUT2D eigenvalue weighted by Gasteiger charge is 2.50. The van der Waals surface area contributed by atoms with E-state index in [1.165, 1.54) is 0 Å². The predicted molar refractivity (Wildman–Crippen MR) is 89.1 cm³/mol. The zero-order chi connectivity index (χ0) is 16.8. The Hall–Kier alpha value is -0.810. The molecule has 1 amide bonds. The second kappa shape index (κ2) is 8.16. The highest BCUT2D eigenvalue weighted by Crippen LogP contribution is 2.45. The van der Waals surface area contributed by atoms with Gasteiger partial charge >= 0.3 is 6.09 Å². The molecule has 5 nitrogen and oxygen atoms in total. The van der Waals surface area contributed by atoms with Crippen LogP contribution in [0.2, 0.25) is 0 Å². The number of rotatable bonds is 8. The summed E-state index contributed by atoms with van der Waals surface area (Å²) in [5.41, 5.74) is -0.208. The average Bonchev–Trinajstić information content (AvgIpc) is 2.41. The van der Waals surface area contributed by atoms with Crippen LogP contribution in [0.5, 0.6) is 0 Å². The van der Waals surface area contributed by atoms with Crippen molar-refractivity contribution >= 4 is 6.09 Å². The summed E-state index contributed by atoms with van der Waals surface area (Å²) in [6, 6.07) is 0.510. The van der Waals surface area contributed by atoms with E-state index in [0.717, 1.165) is 32.4 Å². The van der Waals surface area contributed by atoms with E-state index in [9.17, 15) is 4.79 Å². The van der Waals surface area contributed by atoms with E-state index in [1.54, 1.807) is 0 Å². The summed E-state index contributed by atoms with van der Waals surface area (Å²) < 4.78 is 11.0. The lowest BCUT2D eigenvalue weighted by Gasteiger charge is -2.53. The molecule has 0 aromatic carbocycles. The van der Waals surface area contributed by atoms with Crippen LogP contribution in [0.4, 0.5) is 4.79 Å². The summed E-state index contributed by atoms with van der Waals surface area (Å²) >= 11 is 0. The van der Waals surface area contributed by atoms with Crippen LogP contribution in [-0.2, 0) is 9.47 Å². The van der Waals surface area contributed by atoms with Gasteiger partial charge in [-0.3, -0.25) is 0 Å². The van der Waals surface area contributed by atoms with Gasteiger partial charge in [0.2, 0.25) is 0 Å². The molecule has 0 heterocycles. The maximum Gasteiger partial charge on any atom is 0.407 e. The van der Waals surface area contributed by atoms with Crippen LogP contribution in [0.15, 0.2) is 0 Å². The highest BCUT2D eigenvalue weighted by atomic mass is 16.6. The molecule has 1 fully saturated rings. The Morgan fingerprint density at radius 2 is 1.95 bits per heavy atom. The Morgan fingerprint density at radius 1 is 1.27 bits per heavy atom. The van der Waals surface area contributed by atoms with Crippen LogP contribution in [0.3, 0.4) is 0 Å². The second-order valence-corrected chi connectivity index (χ2v) is 7.33. The van der Waals surface area contributed by atoms with Crippen LogP contribution >= 0.6 is 0 Å². The zero-order valence-corrected chi connectivity index (χ0v) is 15.1. The second-order valence-electron chi connectivity index (χ2n) is 7.33. The molecular formula is C17H34N2O3. The van der Waals surface area contributed by atoms with Crippen molar-refractivity contribution in [1.29, 1.82) is 0 Å². The first kappa shape index (κ1) is 19.2. The molecular weight excluding hydrogens is 280 g/mol. The Morgan fingerprint density at radius 3 is 2.50 bits per heavy atom. The fraction of sp³-hybridized carbons (Fsp3) is 0.941. The van der Waals surface area contributed by atoms with Crippen LogP contribution < -0.4 is 10.6 Å². The Bertz CT molecular complexity index is 354. The summed E-state index contributed by atoms with van der Waals surface area (Å²) in [5, 5.41) is 6.39. The SMILES string of the molecule is CCOC1CC(NCCCNC(=O)OC(C)(C)C)C1(C)CC. The van der Waals surface area contributed by atoms with Crippen molar-refractivity contribution < 1.29 is 14.3 Å². The molecule has 3 unspecified atom stereocenters. The van der Waals surface area contributed by atoms with Crippen LogP contribution in [0.25, 0.3) is 0 Å². The molecule has 0 aromatic rings. The van der Waals surface area contributed by atoms with Gasteiger partial charge in [0, 0.05) is 24.6 Å². The minimum Gasteiger partial charge on any atom is -0.444 e. The Labute approximate surface area is 135 Å². The quantitative estimate of drug-likeness (QED) is 0.676. The molecule has 5 heteroatoms. The first-order valence-corrected chi connectivity index (χ1v) is 8.54. The lowest BCUT2D eigenvalue weighted by atomic mass is 9.61. The summed E-state index contributed by atoms with van der Waals surface area (Å²) in [6.45, 7) is 14.5. The average molecular weight is 314 g/mol. The van der Waals surface area contributed by atoms with Gasteiger partial charge in [0.15, 0.2) is 0 Å². The predicted octanol–water partition coefficient (Wildman–Crippen LogP) is 3.08. The molecule has 1 aliphatic carbocycles. The molecule has 0 radical (unpaired) electrons. The monoisotopic (exact) mass is 314 g/mol. The summed E-state index contributed by atoms with van der Waals surface area (Å²) in [6.07, 6.45) is 3.13. The van der Waals surface area contributed by atoms with Gasteiger partial charge < -0.3 is 20.1 Å². The van der Waals surface area contributed by atoms with E-state index in [0.29, 0.717) is 18.7 Å². The van der Waals surface area contributed by atoms with E-state index in [4.69, 9.17) is 9.47 Å². The number of hydrogen-bond acceptors (Lipinski definition) is 4. The minimum absolute atomic E-state index is 0.231. The molecule has 0 bridgehead atoms. The van der Waals surface area contributed by atoms with Gasteiger partial charge in [-0.15, -0.1) is 0 Å². The van der Waals surface area contributed by atoms with Crippen molar-refractivity contribution in [2.75, 3.05) is 19.7 Å². The molecule has 1 aliphatic rings. The molecule has 22 heavy (non-hydrogen) atoms. The number of amides is 1. The minimum atomic E-state index is -0.439. The molecule has 0 aromatic heterocycles. The van der Waals surface area contributed by atoms with Gasteiger partial charge in [0.1, 0.15) is 5.60 Å². The lowest BCUT2D eigenvalue weighted by Crippen LogP contribution is -2.62. The van der Waals surface area contributed by atoms with Crippen molar-refractivity contribution in [3.8, 4) is 0 Å². The van der Waals surface area contributed by atoms with Crippen LogP contribution in [-0.4, -0.2) is 43.5 Å². The standard InChI is InChI=1S/C17H34N2O3/c1-7-17(6)13(12-14(17)21-8-2)18-10-9-11-19-15(20)22-16(3,4)5/h13-14,18H,7-12H2,1-6H3,(H,19,20). The topological polar surface area (TPSA) is 59.6 Å². The van der Waals surface area contributed by atoms with Crippen molar-refractivity contribution in [2.45, 2.75) is 78.6 Å². The normalized spacial score (nSPS) is 28.1. The first-order chi connectivity index (χ1) is 10.2. The Kier molecular flexibility index (Phi) is 7.13. The van der Waals surface area contributed by atoms with Gasteiger partial charge in [0.25, 0.3) is 0 Å². The van der Waals surface area contributed by atoms with Crippen molar-refractivity contribution in [3.63, 3.8) is 0 Å². The number of carbonyl (C=O) groups excluding carboxylic acids is 1. The molecule has 1 rings (SSSR count). The number of carbonyl (C=O) groups is 1. The lowest BCUT2D eigenvalue weighted by molar-refractivity contribution is -0.125. The first-order valence-electron chi connectivity index (χ1n) is 8.54. The molecule has 130 valence electrons. The van der Waals surface area contributed by atoms with Crippen molar-refractivity contribution in [2.24, 2.45) is 5.41 Å². The molecule has 0 saturated heterocycles. The summed E-state index contributed by atoms with van der Waals surface area (Å²) in [7, 11) is 0. The smallest absolute Gasteiger partial charge is 0.407 e.